The normalized spacial score (nSPS) is 20.3. The Kier molecular flexibility index (Phi) is 5.15. The van der Waals surface area contributed by atoms with Crippen molar-refractivity contribution in [1.29, 1.82) is 0 Å². The molecule has 98 valence electrons. The van der Waals surface area contributed by atoms with Crippen LogP contribution in [-0.4, -0.2) is 32.0 Å². The van der Waals surface area contributed by atoms with Crippen LogP contribution in [0, 0.1) is 5.41 Å². The summed E-state index contributed by atoms with van der Waals surface area (Å²) in [5, 5.41) is 3.32. The van der Waals surface area contributed by atoms with E-state index in [0.717, 1.165) is 26.0 Å². The van der Waals surface area contributed by atoms with Gasteiger partial charge in [0.05, 0.1) is 13.2 Å². The van der Waals surface area contributed by atoms with Crippen LogP contribution in [0.15, 0.2) is 12.2 Å². The molecule has 0 spiro atoms. The van der Waals surface area contributed by atoms with Crippen molar-refractivity contribution >= 4 is 5.97 Å². The van der Waals surface area contributed by atoms with Gasteiger partial charge in [0.25, 0.3) is 0 Å². The maximum Gasteiger partial charge on any atom is 0.333 e. The van der Waals surface area contributed by atoms with Gasteiger partial charge < -0.3 is 9.47 Å². The smallest absolute Gasteiger partial charge is 0.333 e. The predicted molar refractivity (Wildman–Crippen MR) is 66.5 cm³/mol. The first-order valence-electron chi connectivity index (χ1n) is 6.11. The van der Waals surface area contributed by atoms with Gasteiger partial charge in [-0.1, -0.05) is 20.4 Å². The van der Waals surface area contributed by atoms with Gasteiger partial charge in [0.2, 0.25) is 0 Å². The third-order valence-electron chi connectivity index (χ3n) is 2.97. The summed E-state index contributed by atoms with van der Waals surface area (Å²) in [5.41, 5.74) is 0.511. The maximum absolute atomic E-state index is 11.2. The Morgan fingerprint density at radius 1 is 1.59 bits per heavy atom. The van der Waals surface area contributed by atoms with Gasteiger partial charge in [0, 0.05) is 17.5 Å². The molecule has 0 bridgehead atoms. The van der Waals surface area contributed by atoms with E-state index in [-0.39, 0.29) is 17.6 Å². The van der Waals surface area contributed by atoms with Crippen molar-refractivity contribution in [2.45, 2.75) is 39.8 Å². The molecule has 1 aliphatic rings. The first kappa shape index (κ1) is 14.2. The van der Waals surface area contributed by atoms with Gasteiger partial charge in [0.15, 0.2) is 0 Å². The summed E-state index contributed by atoms with van der Waals surface area (Å²) >= 11 is 0. The molecule has 0 aliphatic carbocycles. The molecule has 1 fully saturated rings. The molecule has 1 aliphatic heterocycles. The Labute approximate surface area is 103 Å². The number of carbonyl (C=O) groups excluding carboxylic acids is 1. The van der Waals surface area contributed by atoms with E-state index in [1.165, 1.54) is 0 Å². The lowest BCUT2D eigenvalue weighted by Gasteiger charge is -2.30. The summed E-state index contributed by atoms with van der Waals surface area (Å²) < 4.78 is 10.7. The minimum atomic E-state index is -0.307. The van der Waals surface area contributed by atoms with Crippen molar-refractivity contribution in [3.05, 3.63) is 12.2 Å². The second-order valence-corrected chi connectivity index (χ2v) is 5.21. The van der Waals surface area contributed by atoms with E-state index >= 15 is 0 Å². The molecule has 1 heterocycles. The highest BCUT2D eigenvalue weighted by Gasteiger charge is 2.32. The van der Waals surface area contributed by atoms with E-state index < -0.39 is 0 Å². The predicted octanol–water partition coefficient (Wildman–Crippen LogP) is 1.86. The SMILES string of the molecule is C=C(C)C(=O)OCCCC(C)(C)C1NCCO1. The largest absolute Gasteiger partial charge is 0.462 e. The van der Waals surface area contributed by atoms with Gasteiger partial charge >= 0.3 is 5.97 Å². The highest BCUT2D eigenvalue weighted by Crippen LogP contribution is 2.29. The summed E-state index contributed by atoms with van der Waals surface area (Å²) in [4.78, 5) is 11.2. The van der Waals surface area contributed by atoms with Crippen LogP contribution in [0.2, 0.25) is 0 Å². The van der Waals surface area contributed by atoms with Crippen LogP contribution in [-0.2, 0) is 14.3 Å². The third kappa shape index (κ3) is 4.48. The standard InChI is InChI=1S/C13H23NO3/c1-10(2)11(15)16-8-5-6-13(3,4)12-14-7-9-17-12/h12,14H,1,5-9H2,2-4H3. The van der Waals surface area contributed by atoms with Crippen LogP contribution in [0.25, 0.3) is 0 Å². The molecule has 0 aromatic carbocycles. The molecule has 0 aromatic rings. The van der Waals surface area contributed by atoms with Gasteiger partial charge in [0.1, 0.15) is 6.23 Å². The molecule has 1 saturated heterocycles. The lowest BCUT2D eigenvalue weighted by Crippen LogP contribution is -2.38. The molecule has 1 atom stereocenters. The Morgan fingerprint density at radius 2 is 2.29 bits per heavy atom. The zero-order chi connectivity index (χ0) is 12.9. The number of ether oxygens (including phenoxy) is 2. The molecule has 17 heavy (non-hydrogen) atoms. The molecular weight excluding hydrogens is 218 g/mol. The Morgan fingerprint density at radius 3 is 2.82 bits per heavy atom. The molecule has 0 aromatic heterocycles. The quantitative estimate of drug-likeness (QED) is 0.438. The van der Waals surface area contributed by atoms with E-state index in [0.29, 0.717) is 12.2 Å². The summed E-state index contributed by atoms with van der Waals surface area (Å²) in [7, 11) is 0. The number of carbonyl (C=O) groups is 1. The van der Waals surface area contributed by atoms with Crippen molar-refractivity contribution in [3.8, 4) is 0 Å². The van der Waals surface area contributed by atoms with Crippen LogP contribution in [0.3, 0.4) is 0 Å². The highest BCUT2D eigenvalue weighted by atomic mass is 16.5. The molecule has 0 saturated carbocycles. The maximum atomic E-state index is 11.2. The van der Waals surface area contributed by atoms with Gasteiger partial charge in [-0.15, -0.1) is 0 Å². The first-order valence-corrected chi connectivity index (χ1v) is 6.11. The van der Waals surface area contributed by atoms with E-state index in [4.69, 9.17) is 9.47 Å². The van der Waals surface area contributed by atoms with E-state index in [1.54, 1.807) is 6.92 Å². The number of hydrogen-bond donors (Lipinski definition) is 1. The monoisotopic (exact) mass is 241 g/mol. The fraction of sp³-hybridized carbons (Fsp3) is 0.769. The zero-order valence-electron chi connectivity index (χ0n) is 11.0. The van der Waals surface area contributed by atoms with Crippen molar-refractivity contribution in [3.63, 3.8) is 0 Å². The minimum Gasteiger partial charge on any atom is -0.462 e. The number of hydrogen-bond acceptors (Lipinski definition) is 4. The van der Waals surface area contributed by atoms with Crippen LogP contribution >= 0.6 is 0 Å². The molecule has 4 heteroatoms. The van der Waals surface area contributed by atoms with Crippen molar-refractivity contribution in [2.75, 3.05) is 19.8 Å². The summed E-state index contributed by atoms with van der Waals surface area (Å²) in [6.07, 6.45) is 1.90. The summed E-state index contributed by atoms with van der Waals surface area (Å²) in [6, 6.07) is 0. The van der Waals surface area contributed by atoms with Gasteiger partial charge in [-0.2, -0.15) is 0 Å². The van der Waals surface area contributed by atoms with Gasteiger partial charge in [-0.05, 0) is 19.8 Å². The molecule has 4 nitrogen and oxygen atoms in total. The molecular formula is C13H23NO3. The molecule has 0 radical (unpaired) electrons. The molecule has 0 amide bonds. The van der Waals surface area contributed by atoms with E-state index in [1.807, 2.05) is 0 Å². The first-order chi connectivity index (χ1) is 7.93. The lowest BCUT2D eigenvalue weighted by molar-refractivity contribution is -0.139. The van der Waals surface area contributed by atoms with E-state index in [9.17, 15) is 4.79 Å². The van der Waals surface area contributed by atoms with Crippen molar-refractivity contribution < 1.29 is 14.3 Å². The lowest BCUT2D eigenvalue weighted by atomic mass is 9.86. The van der Waals surface area contributed by atoms with Crippen molar-refractivity contribution in [1.82, 2.24) is 5.32 Å². The second kappa shape index (κ2) is 6.17. The fourth-order valence-electron chi connectivity index (χ4n) is 1.87. The summed E-state index contributed by atoms with van der Waals surface area (Å²) in [5.74, 6) is -0.307. The average molecular weight is 241 g/mol. The van der Waals surface area contributed by atoms with Crippen LogP contribution in [0.1, 0.15) is 33.6 Å². The molecule has 1 rings (SSSR count). The van der Waals surface area contributed by atoms with Crippen LogP contribution in [0.4, 0.5) is 0 Å². The molecule has 1 N–H and O–H groups in total. The minimum absolute atomic E-state index is 0.0616. The summed E-state index contributed by atoms with van der Waals surface area (Å²) in [6.45, 7) is 11.7. The Balaban J connectivity index is 2.21. The number of rotatable bonds is 6. The number of nitrogens with one attached hydrogen (secondary N) is 1. The van der Waals surface area contributed by atoms with Crippen molar-refractivity contribution in [2.24, 2.45) is 5.41 Å². The zero-order valence-corrected chi connectivity index (χ0v) is 11.0. The molecule has 1 unspecified atom stereocenters. The third-order valence-corrected chi connectivity index (χ3v) is 2.97. The second-order valence-electron chi connectivity index (χ2n) is 5.21. The van der Waals surface area contributed by atoms with Gasteiger partial charge in [-0.3, -0.25) is 5.32 Å². The Bertz CT molecular complexity index is 280. The van der Waals surface area contributed by atoms with Crippen LogP contribution < -0.4 is 5.32 Å². The average Bonchev–Trinajstić information content (AvgIpc) is 2.77. The van der Waals surface area contributed by atoms with Gasteiger partial charge in [-0.25, -0.2) is 4.79 Å². The van der Waals surface area contributed by atoms with E-state index in [2.05, 4.69) is 25.7 Å². The number of esters is 1. The van der Waals surface area contributed by atoms with Crippen LogP contribution in [0.5, 0.6) is 0 Å². The highest BCUT2D eigenvalue weighted by molar-refractivity contribution is 5.86. The fourth-order valence-corrected chi connectivity index (χ4v) is 1.87. The Hall–Kier alpha value is -0.870. The topological polar surface area (TPSA) is 47.6 Å².